The second-order valence-electron chi connectivity index (χ2n) is 4.54. The van der Waals surface area contributed by atoms with Gasteiger partial charge < -0.3 is 5.32 Å². The van der Waals surface area contributed by atoms with E-state index in [0.29, 0.717) is 5.41 Å². The number of benzene rings is 1. The summed E-state index contributed by atoms with van der Waals surface area (Å²) in [5.74, 6) is -0.128. The fourth-order valence-corrected chi connectivity index (χ4v) is 2.16. The molecule has 14 heavy (non-hydrogen) atoms. The Balaban J connectivity index is 2.10. The molecule has 1 fully saturated rings. The van der Waals surface area contributed by atoms with Gasteiger partial charge in [0.05, 0.1) is 0 Å². The van der Waals surface area contributed by atoms with Gasteiger partial charge in [-0.3, -0.25) is 0 Å². The summed E-state index contributed by atoms with van der Waals surface area (Å²) in [5, 5.41) is 3.35. The minimum absolute atomic E-state index is 0.128. The molecule has 1 saturated heterocycles. The molecule has 1 heterocycles. The summed E-state index contributed by atoms with van der Waals surface area (Å²) in [6, 6.07) is 6.94. The van der Waals surface area contributed by atoms with Crippen molar-refractivity contribution in [3.8, 4) is 0 Å². The van der Waals surface area contributed by atoms with Crippen molar-refractivity contribution < 1.29 is 4.39 Å². The molecule has 1 nitrogen and oxygen atoms in total. The summed E-state index contributed by atoms with van der Waals surface area (Å²) >= 11 is 0. The molecule has 1 unspecified atom stereocenters. The normalized spacial score (nSPS) is 26.7. The van der Waals surface area contributed by atoms with Crippen LogP contribution >= 0.6 is 0 Å². The Morgan fingerprint density at radius 1 is 1.50 bits per heavy atom. The number of hydrogen-bond acceptors (Lipinski definition) is 1. The first-order valence-electron chi connectivity index (χ1n) is 5.13. The maximum absolute atomic E-state index is 13.0. The van der Waals surface area contributed by atoms with E-state index in [-0.39, 0.29) is 5.82 Å². The zero-order valence-electron chi connectivity index (χ0n) is 8.52. The fraction of sp³-hybridized carbons (Fsp3) is 0.500. The van der Waals surface area contributed by atoms with Crippen LogP contribution in [0.2, 0.25) is 0 Å². The standard InChI is InChI=1S/C12H16FN/c1-12(5-6-14-9-12)8-10-3-2-4-11(13)7-10/h2-4,7,14H,5-6,8-9H2,1H3. The second-order valence-corrected chi connectivity index (χ2v) is 4.54. The first-order valence-corrected chi connectivity index (χ1v) is 5.13. The van der Waals surface area contributed by atoms with Crippen LogP contribution in [0, 0.1) is 11.2 Å². The first-order chi connectivity index (χ1) is 6.68. The van der Waals surface area contributed by atoms with Gasteiger partial charge in [0.2, 0.25) is 0 Å². The topological polar surface area (TPSA) is 12.0 Å². The van der Waals surface area contributed by atoms with Crippen LogP contribution in [0.5, 0.6) is 0 Å². The van der Waals surface area contributed by atoms with Crippen molar-refractivity contribution in [2.45, 2.75) is 19.8 Å². The van der Waals surface area contributed by atoms with Gasteiger partial charge in [-0.15, -0.1) is 0 Å². The highest BCUT2D eigenvalue weighted by molar-refractivity contribution is 5.18. The molecule has 0 radical (unpaired) electrons. The molecule has 0 saturated carbocycles. The van der Waals surface area contributed by atoms with Crippen LogP contribution in [0.15, 0.2) is 24.3 Å². The molecule has 0 aromatic heterocycles. The summed E-state index contributed by atoms with van der Waals surface area (Å²) in [6.07, 6.45) is 2.15. The van der Waals surface area contributed by atoms with Crippen LogP contribution in [0.25, 0.3) is 0 Å². The van der Waals surface area contributed by atoms with Crippen molar-refractivity contribution in [3.05, 3.63) is 35.6 Å². The molecule has 2 rings (SSSR count). The maximum Gasteiger partial charge on any atom is 0.123 e. The average Bonchev–Trinajstić information content (AvgIpc) is 2.51. The van der Waals surface area contributed by atoms with Crippen LogP contribution in [0.3, 0.4) is 0 Å². The predicted molar refractivity (Wildman–Crippen MR) is 55.7 cm³/mol. The monoisotopic (exact) mass is 193 g/mol. The van der Waals surface area contributed by atoms with Gasteiger partial charge in [0.15, 0.2) is 0 Å². The minimum atomic E-state index is -0.128. The van der Waals surface area contributed by atoms with Gasteiger partial charge in [-0.1, -0.05) is 19.1 Å². The van der Waals surface area contributed by atoms with Crippen molar-refractivity contribution in [1.82, 2.24) is 5.32 Å². The van der Waals surface area contributed by atoms with E-state index in [4.69, 9.17) is 0 Å². The molecule has 1 aromatic carbocycles. The lowest BCUT2D eigenvalue weighted by molar-refractivity contribution is 0.362. The lowest BCUT2D eigenvalue weighted by atomic mass is 9.83. The Bertz CT molecular complexity index is 316. The largest absolute Gasteiger partial charge is 0.316 e. The van der Waals surface area contributed by atoms with Crippen molar-refractivity contribution in [1.29, 1.82) is 0 Å². The van der Waals surface area contributed by atoms with Gasteiger partial charge in [0.1, 0.15) is 5.82 Å². The Kier molecular flexibility index (Phi) is 2.55. The van der Waals surface area contributed by atoms with Crippen molar-refractivity contribution >= 4 is 0 Å². The van der Waals surface area contributed by atoms with E-state index in [1.54, 1.807) is 12.1 Å². The molecule has 2 heteroatoms. The van der Waals surface area contributed by atoms with Gasteiger partial charge in [0, 0.05) is 6.54 Å². The van der Waals surface area contributed by atoms with Gasteiger partial charge in [-0.25, -0.2) is 4.39 Å². The number of nitrogens with one attached hydrogen (secondary N) is 1. The van der Waals surface area contributed by atoms with Crippen molar-refractivity contribution in [3.63, 3.8) is 0 Å². The van der Waals surface area contributed by atoms with E-state index in [2.05, 4.69) is 12.2 Å². The highest BCUT2D eigenvalue weighted by Gasteiger charge is 2.28. The highest BCUT2D eigenvalue weighted by Crippen LogP contribution is 2.29. The Labute approximate surface area is 84.3 Å². The van der Waals surface area contributed by atoms with Gasteiger partial charge in [-0.05, 0) is 42.5 Å². The SMILES string of the molecule is CC1(Cc2cccc(F)c2)CCNC1. The predicted octanol–water partition coefficient (Wildman–Crippen LogP) is 2.37. The van der Waals surface area contributed by atoms with Gasteiger partial charge in [0.25, 0.3) is 0 Å². The smallest absolute Gasteiger partial charge is 0.123 e. The first kappa shape index (κ1) is 9.66. The number of halogens is 1. The van der Waals surface area contributed by atoms with E-state index in [1.165, 1.54) is 12.5 Å². The summed E-state index contributed by atoms with van der Waals surface area (Å²) in [4.78, 5) is 0. The lowest BCUT2D eigenvalue weighted by Gasteiger charge is -2.22. The van der Waals surface area contributed by atoms with E-state index >= 15 is 0 Å². The van der Waals surface area contributed by atoms with E-state index in [0.717, 1.165) is 25.1 Å². The molecule has 76 valence electrons. The Morgan fingerprint density at radius 2 is 2.36 bits per heavy atom. The van der Waals surface area contributed by atoms with E-state index in [9.17, 15) is 4.39 Å². The zero-order valence-corrected chi connectivity index (χ0v) is 8.52. The Hall–Kier alpha value is -0.890. The van der Waals surface area contributed by atoms with Gasteiger partial charge in [-0.2, -0.15) is 0 Å². The molecule has 1 aromatic rings. The van der Waals surface area contributed by atoms with Crippen LogP contribution < -0.4 is 5.32 Å². The summed E-state index contributed by atoms with van der Waals surface area (Å²) < 4.78 is 13.0. The molecule has 0 bridgehead atoms. The Morgan fingerprint density at radius 3 is 3.00 bits per heavy atom. The second kappa shape index (κ2) is 3.70. The van der Waals surface area contributed by atoms with Crippen molar-refractivity contribution in [2.75, 3.05) is 13.1 Å². The molecular formula is C12H16FN. The molecule has 1 aliphatic rings. The summed E-state index contributed by atoms with van der Waals surface area (Å²) in [6.45, 7) is 4.40. The quantitative estimate of drug-likeness (QED) is 0.760. The van der Waals surface area contributed by atoms with Crippen LogP contribution in [-0.2, 0) is 6.42 Å². The van der Waals surface area contributed by atoms with Crippen LogP contribution in [0.1, 0.15) is 18.9 Å². The molecule has 0 amide bonds. The van der Waals surface area contributed by atoms with Crippen LogP contribution in [0.4, 0.5) is 4.39 Å². The molecule has 1 aliphatic heterocycles. The zero-order chi connectivity index (χ0) is 10.0. The van der Waals surface area contributed by atoms with Gasteiger partial charge >= 0.3 is 0 Å². The highest BCUT2D eigenvalue weighted by atomic mass is 19.1. The van der Waals surface area contributed by atoms with E-state index < -0.39 is 0 Å². The minimum Gasteiger partial charge on any atom is -0.316 e. The third-order valence-corrected chi connectivity index (χ3v) is 2.98. The maximum atomic E-state index is 13.0. The molecule has 1 atom stereocenters. The molecule has 0 spiro atoms. The lowest BCUT2D eigenvalue weighted by Crippen LogP contribution is -2.22. The molecular weight excluding hydrogens is 177 g/mol. The average molecular weight is 193 g/mol. The number of rotatable bonds is 2. The summed E-state index contributed by atoms with van der Waals surface area (Å²) in [7, 11) is 0. The molecule has 0 aliphatic carbocycles. The number of hydrogen-bond donors (Lipinski definition) is 1. The van der Waals surface area contributed by atoms with E-state index in [1.807, 2.05) is 6.07 Å². The third-order valence-electron chi connectivity index (χ3n) is 2.98. The summed E-state index contributed by atoms with van der Waals surface area (Å²) in [5.41, 5.74) is 1.42. The van der Waals surface area contributed by atoms with Crippen molar-refractivity contribution in [2.24, 2.45) is 5.41 Å². The third kappa shape index (κ3) is 2.13. The van der Waals surface area contributed by atoms with Crippen LogP contribution in [-0.4, -0.2) is 13.1 Å². The molecule has 1 N–H and O–H groups in total. The fourth-order valence-electron chi connectivity index (χ4n) is 2.16.